The van der Waals surface area contributed by atoms with Gasteiger partial charge in [-0.05, 0) is 116 Å². The normalized spacial score (nSPS) is 13.2. The van der Waals surface area contributed by atoms with Gasteiger partial charge in [-0.15, -0.1) is 0 Å². The molecule has 0 heteroatoms. The van der Waals surface area contributed by atoms with Crippen molar-refractivity contribution in [1.82, 2.24) is 0 Å². The van der Waals surface area contributed by atoms with Crippen molar-refractivity contribution in [2.45, 2.75) is 19.3 Å². The Morgan fingerprint density at radius 1 is 0.264 bits per heavy atom. The third-order valence-corrected chi connectivity index (χ3v) is 12.1. The standard InChI is InChI=1S/C53H36/c1-53(2)48-29-14-13-27-46(48)52-40-22-8-7-21-37(40)47(32-49(52)53)38-30-31-45(36-20-6-5-19-35(36)38)51-43-25-11-9-23-41(43)50(42-24-10-12-26-44(42)51)39-28-15-17-33-16-3-4-18-34(33)39/h3-32H,1-2H3. The molecule has 248 valence electrons. The molecule has 0 heterocycles. The van der Waals surface area contributed by atoms with Gasteiger partial charge in [-0.2, -0.15) is 0 Å². The third-order valence-electron chi connectivity index (χ3n) is 12.1. The molecule has 0 amide bonds. The Hall–Kier alpha value is -6.50. The molecule has 0 spiro atoms. The van der Waals surface area contributed by atoms with Gasteiger partial charge in [0, 0.05) is 5.41 Å². The molecule has 0 unspecified atom stereocenters. The summed E-state index contributed by atoms with van der Waals surface area (Å²) in [6.07, 6.45) is 0. The van der Waals surface area contributed by atoms with E-state index in [1.54, 1.807) is 0 Å². The van der Waals surface area contributed by atoms with Crippen molar-refractivity contribution in [3.63, 3.8) is 0 Å². The van der Waals surface area contributed by atoms with E-state index in [2.05, 4.69) is 196 Å². The molecule has 11 rings (SSSR count). The highest BCUT2D eigenvalue weighted by Crippen LogP contribution is 2.54. The van der Waals surface area contributed by atoms with Crippen LogP contribution in [0.4, 0.5) is 0 Å². The van der Waals surface area contributed by atoms with E-state index in [-0.39, 0.29) is 5.41 Å². The molecule has 0 saturated heterocycles. The quantitative estimate of drug-likeness (QED) is 0.164. The maximum Gasteiger partial charge on any atom is 0.0159 e. The van der Waals surface area contributed by atoms with Crippen molar-refractivity contribution in [1.29, 1.82) is 0 Å². The lowest BCUT2D eigenvalue weighted by Crippen LogP contribution is -2.15. The zero-order chi connectivity index (χ0) is 35.3. The van der Waals surface area contributed by atoms with Gasteiger partial charge in [0.2, 0.25) is 0 Å². The van der Waals surface area contributed by atoms with Gasteiger partial charge in [-0.3, -0.25) is 0 Å². The minimum absolute atomic E-state index is 0.0931. The minimum Gasteiger partial charge on any atom is -0.0619 e. The lowest BCUT2D eigenvalue weighted by atomic mass is 9.79. The summed E-state index contributed by atoms with van der Waals surface area (Å²) < 4.78 is 0. The molecule has 53 heavy (non-hydrogen) atoms. The van der Waals surface area contributed by atoms with Gasteiger partial charge >= 0.3 is 0 Å². The van der Waals surface area contributed by atoms with E-state index in [1.807, 2.05) is 0 Å². The molecule has 0 N–H and O–H groups in total. The van der Waals surface area contributed by atoms with E-state index >= 15 is 0 Å². The van der Waals surface area contributed by atoms with E-state index in [9.17, 15) is 0 Å². The molecule has 0 bridgehead atoms. The van der Waals surface area contributed by atoms with Crippen molar-refractivity contribution in [2.75, 3.05) is 0 Å². The van der Waals surface area contributed by atoms with Gasteiger partial charge in [-0.25, -0.2) is 0 Å². The molecule has 1 aliphatic carbocycles. The monoisotopic (exact) mass is 672 g/mol. The summed E-state index contributed by atoms with van der Waals surface area (Å²) in [6, 6.07) is 67.9. The predicted molar refractivity (Wildman–Crippen MR) is 228 cm³/mol. The van der Waals surface area contributed by atoms with Crippen LogP contribution in [0.1, 0.15) is 25.0 Å². The van der Waals surface area contributed by atoms with Gasteiger partial charge in [-0.1, -0.05) is 190 Å². The van der Waals surface area contributed by atoms with Crippen molar-refractivity contribution in [2.24, 2.45) is 0 Å². The van der Waals surface area contributed by atoms with Crippen molar-refractivity contribution < 1.29 is 0 Å². The van der Waals surface area contributed by atoms with Crippen LogP contribution in [0, 0.1) is 0 Å². The van der Waals surface area contributed by atoms with E-state index in [4.69, 9.17) is 0 Å². The first kappa shape index (κ1) is 30.2. The average molecular weight is 673 g/mol. The SMILES string of the molecule is CC1(C)c2ccccc2-c2c1cc(-c1ccc(-c3c4ccccc4c(-c4cccc5ccccc45)c4ccccc34)c3ccccc13)c1ccccc21. The van der Waals surface area contributed by atoms with Crippen LogP contribution in [-0.2, 0) is 5.41 Å². The summed E-state index contributed by atoms with van der Waals surface area (Å²) in [6.45, 7) is 4.77. The van der Waals surface area contributed by atoms with Crippen LogP contribution in [0.5, 0.6) is 0 Å². The van der Waals surface area contributed by atoms with Gasteiger partial charge in [0.15, 0.2) is 0 Å². The minimum atomic E-state index is -0.0931. The highest BCUT2D eigenvalue weighted by atomic mass is 14.4. The van der Waals surface area contributed by atoms with E-state index in [0.29, 0.717) is 0 Å². The highest BCUT2D eigenvalue weighted by Gasteiger charge is 2.37. The largest absolute Gasteiger partial charge is 0.0619 e. The molecule has 0 aliphatic heterocycles. The van der Waals surface area contributed by atoms with Gasteiger partial charge < -0.3 is 0 Å². The van der Waals surface area contributed by atoms with E-state index in [0.717, 1.165) is 0 Å². The van der Waals surface area contributed by atoms with Crippen molar-refractivity contribution in [3.8, 4) is 44.5 Å². The maximum atomic E-state index is 2.50. The smallest absolute Gasteiger partial charge is 0.0159 e. The fraction of sp³-hybridized carbons (Fsp3) is 0.0566. The molecule has 10 aromatic carbocycles. The Kier molecular flexibility index (Phi) is 6.40. The zero-order valence-corrected chi connectivity index (χ0v) is 29.8. The fourth-order valence-electron chi connectivity index (χ4n) is 9.68. The molecule has 10 aromatic rings. The van der Waals surface area contributed by atoms with Crippen LogP contribution in [0.15, 0.2) is 182 Å². The Balaban J connectivity index is 1.21. The Morgan fingerprint density at radius 3 is 1.28 bits per heavy atom. The summed E-state index contributed by atoms with van der Waals surface area (Å²) in [5.41, 5.74) is 13.2. The molecule has 0 nitrogen and oxygen atoms in total. The molecular formula is C53H36. The lowest BCUT2D eigenvalue weighted by molar-refractivity contribution is 0.661. The first-order chi connectivity index (χ1) is 26.1. The molecule has 0 radical (unpaired) electrons. The van der Waals surface area contributed by atoms with E-state index in [1.165, 1.54) is 109 Å². The second kappa shape index (κ2) is 11.2. The summed E-state index contributed by atoms with van der Waals surface area (Å²) >= 11 is 0. The van der Waals surface area contributed by atoms with Crippen molar-refractivity contribution >= 4 is 53.9 Å². The summed E-state index contributed by atoms with van der Waals surface area (Å²) in [5.74, 6) is 0. The van der Waals surface area contributed by atoms with Crippen LogP contribution in [-0.4, -0.2) is 0 Å². The maximum absolute atomic E-state index is 2.50. The number of fused-ring (bicyclic) bond motifs is 9. The summed E-state index contributed by atoms with van der Waals surface area (Å²) in [5, 5.41) is 12.8. The highest BCUT2D eigenvalue weighted by molar-refractivity contribution is 6.26. The molecule has 0 fully saturated rings. The second-order valence-corrected chi connectivity index (χ2v) is 15.1. The number of hydrogen-bond donors (Lipinski definition) is 0. The van der Waals surface area contributed by atoms with Crippen LogP contribution in [0.2, 0.25) is 0 Å². The Bertz CT molecular complexity index is 3080. The molecule has 0 aromatic heterocycles. The molecule has 1 aliphatic rings. The first-order valence-electron chi connectivity index (χ1n) is 18.7. The average Bonchev–Trinajstić information content (AvgIpc) is 3.45. The zero-order valence-electron chi connectivity index (χ0n) is 29.8. The van der Waals surface area contributed by atoms with E-state index < -0.39 is 0 Å². The third kappa shape index (κ3) is 4.24. The summed E-state index contributed by atoms with van der Waals surface area (Å²) in [4.78, 5) is 0. The lowest BCUT2D eigenvalue weighted by Gasteiger charge is -2.24. The van der Waals surface area contributed by atoms with Gasteiger partial charge in [0.05, 0.1) is 0 Å². The Morgan fingerprint density at radius 2 is 0.660 bits per heavy atom. The number of benzene rings is 10. The van der Waals surface area contributed by atoms with Crippen LogP contribution in [0.3, 0.4) is 0 Å². The molecular weight excluding hydrogens is 637 g/mol. The first-order valence-corrected chi connectivity index (χ1v) is 18.7. The Labute approximate surface area is 309 Å². The van der Waals surface area contributed by atoms with Crippen LogP contribution in [0.25, 0.3) is 98.4 Å². The van der Waals surface area contributed by atoms with Gasteiger partial charge in [0.25, 0.3) is 0 Å². The second-order valence-electron chi connectivity index (χ2n) is 15.1. The summed E-state index contributed by atoms with van der Waals surface area (Å²) in [7, 11) is 0. The molecule has 0 atom stereocenters. The predicted octanol–water partition coefficient (Wildman–Crippen LogP) is 14.8. The number of rotatable bonds is 3. The molecule has 0 saturated carbocycles. The van der Waals surface area contributed by atoms with Crippen molar-refractivity contribution in [3.05, 3.63) is 193 Å². The topological polar surface area (TPSA) is 0 Å². The fourth-order valence-corrected chi connectivity index (χ4v) is 9.68. The van der Waals surface area contributed by atoms with Gasteiger partial charge in [0.1, 0.15) is 0 Å². The number of hydrogen-bond acceptors (Lipinski definition) is 0. The van der Waals surface area contributed by atoms with Crippen LogP contribution >= 0.6 is 0 Å². The van der Waals surface area contributed by atoms with Crippen LogP contribution < -0.4 is 0 Å².